The summed E-state index contributed by atoms with van der Waals surface area (Å²) in [6.07, 6.45) is 0.281. The van der Waals surface area contributed by atoms with Crippen molar-refractivity contribution in [1.29, 1.82) is 0 Å². The van der Waals surface area contributed by atoms with Crippen LogP contribution in [0.1, 0.15) is 41.0 Å². The summed E-state index contributed by atoms with van der Waals surface area (Å²) >= 11 is 0. The lowest BCUT2D eigenvalue weighted by molar-refractivity contribution is -0.148. The second-order valence-electron chi connectivity index (χ2n) is 7.91. The smallest absolute Gasteiger partial charge is 0.163 e. The van der Waals surface area contributed by atoms with E-state index in [9.17, 15) is 10.2 Å². The first-order chi connectivity index (χ1) is 8.96. The molecule has 0 saturated carbocycles. The molecule has 120 valence electrons. The van der Waals surface area contributed by atoms with E-state index in [0.29, 0.717) is 6.42 Å². The van der Waals surface area contributed by atoms with E-state index in [4.69, 9.17) is 9.47 Å². The molecule has 0 amide bonds. The summed E-state index contributed by atoms with van der Waals surface area (Å²) in [7, 11) is -1.77. The molecule has 0 spiro atoms. The maximum atomic E-state index is 9.98. The fourth-order valence-electron chi connectivity index (χ4n) is 2.85. The average Bonchev–Trinajstić information content (AvgIpc) is 2.53. The largest absolute Gasteiger partial charge is 0.396 e. The zero-order valence-electron chi connectivity index (χ0n) is 14.1. The summed E-state index contributed by atoms with van der Waals surface area (Å²) < 4.78 is 12.0. The van der Waals surface area contributed by atoms with Crippen molar-refractivity contribution >= 4 is 8.07 Å². The van der Waals surface area contributed by atoms with E-state index in [1.165, 1.54) is 0 Å². The Labute approximate surface area is 124 Å². The topological polar surface area (TPSA) is 58.9 Å². The number of hydrogen-bond acceptors (Lipinski definition) is 4. The standard InChI is InChI=1S/C15H32O4Si/c1-14(2,3)20(6,7)12(10-17)13-11(8-9-16)18-15(4,5)19-13/h11-13,16-17H,8-10H2,1-7H3/t11-,12-,13-/m0/s1. The fourth-order valence-corrected chi connectivity index (χ4v) is 5.53. The molecule has 1 heterocycles. The maximum Gasteiger partial charge on any atom is 0.163 e. The highest BCUT2D eigenvalue weighted by atomic mass is 28.3. The van der Waals surface area contributed by atoms with Gasteiger partial charge in [0.2, 0.25) is 0 Å². The van der Waals surface area contributed by atoms with E-state index >= 15 is 0 Å². The van der Waals surface area contributed by atoms with E-state index < -0.39 is 13.9 Å². The first kappa shape index (κ1) is 18.1. The van der Waals surface area contributed by atoms with Gasteiger partial charge in [0, 0.05) is 18.8 Å². The Kier molecular flexibility index (Phi) is 5.47. The van der Waals surface area contributed by atoms with E-state index in [0.717, 1.165) is 0 Å². The Hall–Kier alpha value is 0.0569. The third-order valence-corrected chi connectivity index (χ3v) is 11.3. The number of ether oxygens (including phenoxy) is 2. The highest BCUT2D eigenvalue weighted by Crippen LogP contribution is 2.48. The Bertz CT molecular complexity index is 322. The fraction of sp³-hybridized carbons (Fsp3) is 1.00. The van der Waals surface area contributed by atoms with Gasteiger partial charge in [0.1, 0.15) is 0 Å². The molecular formula is C15H32O4Si. The van der Waals surface area contributed by atoms with Gasteiger partial charge in [-0.15, -0.1) is 0 Å². The van der Waals surface area contributed by atoms with Gasteiger partial charge in [0.15, 0.2) is 5.79 Å². The predicted octanol–water partition coefficient (Wildman–Crippen LogP) is 2.76. The molecule has 5 heteroatoms. The van der Waals surface area contributed by atoms with E-state index in [2.05, 4.69) is 33.9 Å². The van der Waals surface area contributed by atoms with Crippen molar-refractivity contribution in [2.24, 2.45) is 0 Å². The third-order valence-electron chi connectivity index (χ3n) is 5.09. The van der Waals surface area contributed by atoms with E-state index in [-0.39, 0.29) is 36.0 Å². The van der Waals surface area contributed by atoms with Crippen molar-refractivity contribution in [2.45, 2.75) is 82.7 Å². The zero-order chi connectivity index (χ0) is 15.8. The minimum absolute atomic E-state index is 0.0796. The van der Waals surface area contributed by atoms with Gasteiger partial charge in [-0.1, -0.05) is 33.9 Å². The summed E-state index contributed by atoms with van der Waals surface area (Å²) in [6.45, 7) is 15.3. The van der Waals surface area contributed by atoms with Crippen LogP contribution >= 0.6 is 0 Å². The third kappa shape index (κ3) is 3.63. The molecule has 3 atom stereocenters. The molecular weight excluding hydrogens is 272 g/mol. The Morgan fingerprint density at radius 3 is 2.10 bits per heavy atom. The van der Waals surface area contributed by atoms with Crippen molar-refractivity contribution in [2.75, 3.05) is 13.2 Å². The van der Waals surface area contributed by atoms with Crippen LogP contribution in [-0.4, -0.2) is 49.5 Å². The molecule has 1 rings (SSSR count). The van der Waals surface area contributed by atoms with E-state index in [1.54, 1.807) is 0 Å². The van der Waals surface area contributed by atoms with Crippen molar-refractivity contribution in [3.05, 3.63) is 0 Å². The van der Waals surface area contributed by atoms with Crippen LogP contribution in [-0.2, 0) is 9.47 Å². The van der Waals surface area contributed by atoms with Gasteiger partial charge >= 0.3 is 0 Å². The second-order valence-corrected chi connectivity index (χ2v) is 13.6. The molecule has 0 bridgehead atoms. The van der Waals surface area contributed by atoms with Gasteiger partial charge in [-0.25, -0.2) is 0 Å². The molecule has 0 aromatic rings. The molecule has 1 fully saturated rings. The number of rotatable bonds is 5. The van der Waals surface area contributed by atoms with Crippen LogP contribution in [0.4, 0.5) is 0 Å². The van der Waals surface area contributed by atoms with Crippen molar-refractivity contribution < 1.29 is 19.7 Å². The molecule has 0 aliphatic carbocycles. The van der Waals surface area contributed by atoms with Gasteiger partial charge in [-0.05, 0) is 25.3 Å². The molecule has 0 radical (unpaired) electrons. The SMILES string of the molecule is CC1(C)O[C@H]([C@H](CO)[Si](C)(C)C(C)(C)C)[C@H](CCO)O1. The lowest BCUT2D eigenvalue weighted by Crippen LogP contribution is -2.50. The number of aliphatic hydroxyl groups is 2. The van der Waals surface area contributed by atoms with Gasteiger partial charge in [-0.3, -0.25) is 0 Å². The quantitative estimate of drug-likeness (QED) is 0.767. The molecule has 20 heavy (non-hydrogen) atoms. The number of aliphatic hydroxyl groups excluding tert-OH is 2. The monoisotopic (exact) mass is 304 g/mol. The number of hydrogen-bond donors (Lipinski definition) is 2. The minimum Gasteiger partial charge on any atom is -0.396 e. The van der Waals surface area contributed by atoms with Gasteiger partial charge in [-0.2, -0.15) is 0 Å². The maximum absolute atomic E-state index is 9.98. The van der Waals surface area contributed by atoms with Crippen LogP contribution in [0.2, 0.25) is 23.7 Å². The molecule has 2 N–H and O–H groups in total. The van der Waals surface area contributed by atoms with Crippen LogP contribution in [0.15, 0.2) is 0 Å². The van der Waals surface area contributed by atoms with Crippen LogP contribution in [0, 0.1) is 0 Å². The molecule has 0 aromatic carbocycles. The highest BCUT2D eigenvalue weighted by molar-refractivity contribution is 6.81. The van der Waals surface area contributed by atoms with Crippen LogP contribution in [0.3, 0.4) is 0 Å². The molecule has 1 aliphatic heterocycles. The first-order valence-electron chi connectivity index (χ1n) is 7.53. The summed E-state index contributed by atoms with van der Waals surface area (Å²) in [5.41, 5.74) is 0.0980. The lowest BCUT2D eigenvalue weighted by Gasteiger charge is -2.45. The summed E-state index contributed by atoms with van der Waals surface area (Å²) in [5.74, 6) is -0.639. The van der Waals surface area contributed by atoms with E-state index in [1.807, 2.05) is 13.8 Å². The zero-order valence-corrected chi connectivity index (χ0v) is 15.1. The van der Waals surface area contributed by atoms with Gasteiger partial charge in [0.05, 0.1) is 20.3 Å². The molecule has 4 nitrogen and oxygen atoms in total. The minimum atomic E-state index is -1.77. The molecule has 0 unspecified atom stereocenters. The van der Waals surface area contributed by atoms with Crippen molar-refractivity contribution in [1.82, 2.24) is 0 Å². The molecule has 1 saturated heterocycles. The van der Waals surface area contributed by atoms with Crippen LogP contribution in [0.25, 0.3) is 0 Å². The summed E-state index contributed by atoms with van der Waals surface area (Å²) in [4.78, 5) is 0. The first-order valence-corrected chi connectivity index (χ1v) is 10.6. The van der Waals surface area contributed by atoms with Crippen molar-refractivity contribution in [3.63, 3.8) is 0 Å². The summed E-state index contributed by atoms with van der Waals surface area (Å²) in [6, 6.07) is 0. The lowest BCUT2D eigenvalue weighted by atomic mass is 10.1. The van der Waals surface area contributed by atoms with Crippen molar-refractivity contribution in [3.8, 4) is 0 Å². The predicted molar refractivity (Wildman–Crippen MR) is 83.6 cm³/mol. The Balaban J connectivity index is 3.04. The summed E-state index contributed by atoms with van der Waals surface area (Å²) in [5, 5.41) is 19.4. The average molecular weight is 305 g/mol. The van der Waals surface area contributed by atoms with Crippen LogP contribution < -0.4 is 0 Å². The molecule has 0 aromatic heterocycles. The van der Waals surface area contributed by atoms with Gasteiger partial charge in [0.25, 0.3) is 0 Å². The highest BCUT2D eigenvalue weighted by Gasteiger charge is 2.52. The molecule has 1 aliphatic rings. The second kappa shape index (κ2) is 6.05. The van der Waals surface area contributed by atoms with Crippen LogP contribution in [0.5, 0.6) is 0 Å². The van der Waals surface area contributed by atoms with Gasteiger partial charge < -0.3 is 19.7 Å². The Morgan fingerprint density at radius 1 is 1.15 bits per heavy atom. The normalized spacial score (nSPS) is 28.6. The Morgan fingerprint density at radius 2 is 1.70 bits per heavy atom.